The van der Waals surface area contributed by atoms with E-state index in [-0.39, 0.29) is 11.2 Å². The third-order valence-electron chi connectivity index (χ3n) is 3.62. The Bertz CT molecular complexity index is 502. The van der Waals surface area contributed by atoms with Crippen molar-refractivity contribution in [3.05, 3.63) is 28.7 Å². The number of hydrogen-bond acceptors (Lipinski definition) is 2. The van der Waals surface area contributed by atoms with E-state index in [9.17, 15) is 8.42 Å². The molecule has 1 saturated carbocycles. The normalized spacial score (nSPS) is 19.0. The predicted molar refractivity (Wildman–Crippen MR) is 80.9 cm³/mol. The molecule has 1 aromatic carbocycles. The molecule has 1 fully saturated rings. The van der Waals surface area contributed by atoms with Crippen molar-refractivity contribution in [3.8, 4) is 0 Å². The van der Waals surface area contributed by atoms with E-state index >= 15 is 0 Å². The summed E-state index contributed by atoms with van der Waals surface area (Å²) in [5.74, 6) is 0.257. The van der Waals surface area contributed by atoms with Gasteiger partial charge in [0.2, 0.25) is 0 Å². The SMILES string of the molecule is O=S(=O)(CC1(CBr)CCCC1)c1ccc(Br)cc1. The van der Waals surface area contributed by atoms with Crippen molar-refractivity contribution in [3.63, 3.8) is 0 Å². The van der Waals surface area contributed by atoms with E-state index in [1.165, 1.54) is 0 Å². The molecule has 0 aliphatic heterocycles. The Hall–Kier alpha value is 0.130. The Balaban J connectivity index is 2.24. The molecular formula is C13H16Br2O2S. The van der Waals surface area contributed by atoms with Gasteiger partial charge < -0.3 is 0 Å². The minimum atomic E-state index is -3.18. The molecule has 1 aliphatic carbocycles. The first kappa shape index (κ1) is 14.5. The van der Waals surface area contributed by atoms with Crippen LogP contribution in [0.1, 0.15) is 25.7 Å². The molecule has 0 aromatic heterocycles. The quantitative estimate of drug-likeness (QED) is 0.716. The van der Waals surface area contributed by atoms with Crippen LogP contribution in [-0.2, 0) is 9.84 Å². The molecule has 0 radical (unpaired) electrons. The molecule has 2 rings (SSSR count). The maximum atomic E-state index is 12.4. The van der Waals surface area contributed by atoms with Gasteiger partial charge in [0, 0.05) is 9.80 Å². The van der Waals surface area contributed by atoms with E-state index in [0.717, 1.165) is 35.5 Å². The lowest BCUT2D eigenvalue weighted by molar-refractivity contribution is 0.394. The monoisotopic (exact) mass is 394 g/mol. The van der Waals surface area contributed by atoms with Crippen LogP contribution in [0.15, 0.2) is 33.6 Å². The van der Waals surface area contributed by atoms with E-state index in [0.29, 0.717) is 4.90 Å². The zero-order valence-corrected chi connectivity index (χ0v) is 14.0. The zero-order valence-electron chi connectivity index (χ0n) is 10.0. The van der Waals surface area contributed by atoms with Crippen molar-refractivity contribution in [1.29, 1.82) is 0 Å². The lowest BCUT2D eigenvalue weighted by Crippen LogP contribution is -2.29. The van der Waals surface area contributed by atoms with Gasteiger partial charge in [-0.1, -0.05) is 44.7 Å². The van der Waals surface area contributed by atoms with Gasteiger partial charge in [-0.05, 0) is 42.5 Å². The van der Waals surface area contributed by atoms with Crippen LogP contribution < -0.4 is 0 Å². The van der Waals surface area contributed by atoms with Gasteiger partial charge in [0.05, 0.1) is 10.6 Å². The molecule has 0 spiro atoms. The summed E-state index contributed by atoms with van der Waals surface area (Å²) in [6.07, 6.45) is 4.30. The summed E-state index contributed by atoms with van der Waals surface area (Å²) in [6.45, 7) is 0. The summed E-state index contributed by atoms with van der Waals surface area (Å²) >= 11 is 6.82. The number of rotatable bonds is 4. The van der Waals surface area contributed by atoms with E-state index in [2.05, 4.69) is 31.9 Å². The first-order chi connectivity index (χ1) is 8.47. The smallest absolute Gasteiger partial charge is 0.178 e. The van der Waals surface area contributed by atoms with Crippen LogP contribution in [0.4, 0.5) is 0 Å². The molecule has 0 heterocycles. The van der Waals surface area contributed by atoms with Gasteiger partial charge in [0.15, 0.2) is 9.84 Å². The molecule has 0 N–H and O–H groups in total. The molecule has 5 heteroatoms. The van der Waals surface area contributed by atoms with Crippen molar-refractivity contribution >= 4 is 41.7 Å². The van der Waals surface area contributed by atoms with Crippen molar-refractivity contribution in [2.45, 2.75) is 30.6 Å². The van der Waals surface area contributed by atoms with Crippen LogP contribution >= 0.6 is 31.9 Å². The third-order valence-corrected chi connectivity index (χ3v) is 7.32. The molecule has 2 nitrogen and oxygen atoms in total. The van der Waals surface area contributed by atoms with E-state index in [4.69, 9.17) is 0 Å². The average Bonchev–Trinajstić information content (AvgIpc) is 2.78. The summed E-state index contributed by atoms with van der Waals surface area (Å²) in [5, 5.41) is 0.774. The standard InChI is InChI=1S/C13H16Br2O2S/c14-9-13(7-1-2-8-13)10-18(16,17)12-5-3-11(15)4-6-12/h3-6H,1-2,7-10H2. The van der Waals surface area contributed by atoms with Crippen LogP contribution in [0.5, 0.6) is 0 Å². The highest BCUT2D eigenvalue weighted by molar-refractivity contribution is 9.10. The maximum absolute atomic E-state index is 12.4. The number of halogens is 2. The topological polar surface area (TPSA) is 34.1 Å². The second kappa shape index (κ2) is 5.63. The fraction of sp³-hybridized carbons (Fsp3) is 0.538. The van der Waals surface area contributed by atoms with Crippen LogP contribution in [0.2, 0.25) is 0 Å². The molecule has 0 atom stereocenters. The van der Waals surface area contributed by atoms with Crippen molar-refractivity contribution in [2.24, 2.45) is 5.41 Å². The van der Waals surface area contributed by atoms with Gasteiger partial charge >= 0.3 is 0 Å². The summed E-state index contributed by atoms with van der Waals surface area (Å²) in [4.78, 5) is 0.429. The van der Waals surface area contributed by atoms with Gasteiger partial charge in [-0.25, -0.2) is 8.42 Å². The largest absolute Gasteiger partial charge is 0.224 e. The second-order valence-corrected chi connectivity index (χ2v) is 8.52. The Labute approximate surface area is 125 Å². The van der Waals surface area contributed by atoms with Crippen molar-refractivity contribution in [1.82, 2.24) is 0 Å². The lowest BCUT2D eigenvalue weighted by Gasteiger charge is -2.26. The average molecular weight is 396 g/mol. The second-order valence-electron chi connectivity index (χ2n) is 5.05. The highest BCUT2D eigenvalue weighted by Crippen LogP contribution is 2.41. The summed E-state index contributed by atoms with van der Waals surface area (Å²) in [6, 6.07) is 6.91. The predicted octanol–water partition coefficient (Wildman–Crippen LogP) is 4.18. The Morgan fingerprint density at radius 3 is 2.17 bits per heavy atom. The molecule has 100 valence electrons. The summed E-state index contributed by atoms with van der Waals surface area (Å²) < 4.78 is 25.8. The van der Waals surface area contributed by atoms with Crippen molar-refractivity contribution < 1.29 is 8.42 Å². The van der Waals surface area contributed by atoms with E-state index in [1.807, 2.05) is 0 Å². The van der Waals surface area contributed by atoms with E-state index in [1.54, 1.807) is 24.3 Å². The van der Waals surface area contributed by atoms with Gasteiger partial charge in [0.1, 0.15) is 0 Å². The van der Waals surface area contributed by atoms with Gasteiger partial charge in [-0.3, -0.25) is 0 Å². The van der Waals surface area contributed by atoms with Crippen molar-refractivity contribution in [2.75, 3.05) is 11.1 Å². The number of hydrogen-bond donors (Lipinski definition) is 0. The van der Waals surface area contributed by atoms with Gasteiger partial charge in [-0.2, -0.15) is 0 Å². The minimum absolute atomic E-state index is 0.0636. The highest BCUT2D eigenvalue weighted by Gasteiger charge is 2.37. The third kappa shape index (κ3) is 3.17. The molecule has 1 aliphatic rings. The minimum Gasteiger partial charge on any atom is -0.224 e. The van der Waals surface area contributed by atoms with Crippen LogP contribution in [0.3, 0.4) is 0 Å². The lowest BCUT2D eigenvalue weighted by atomic mass is 9.92. The summed E-state index contributed by atoms with van der Waals surface area (Å²) in [7, 11) is -3.18. The fourth-order valence-electron chi connectivity index (χ4n) is 2.57. The molecule has 18 heavy (non-hydrogen) atoms. The molecule has 1 aromatic rings. The van der Waals surface area contributed by atoms with Gasteiger partial charge in [0.25, 0.3) is 0 Å². The highest BCUT2D eigenvalue weighted by atomic mass is 79.9. The van der Waals surface area contributed by atoms with Crippen LogP contribution in [0.25, 0.3) is 0 Å². The zero-order chi connectivity index (χ0) is 13.2. The number of alkyl halides is 1. The Morgan fingerprint density at radius 1 is 1.11 bits per heavy atom. The number of sulfone groups is 1. The molecule has 0 unspecified atom stereocenters. The Morgan fingerprint density at radius 2 is 1.67 bits per heavy atom. The molecule has 0 amide bonds. The van der Waals surface area contributed by atoms with E-state index < -0.39 is 9.84 Å². The first-order valence-electron chi connectivity index (χ1n) is 6.02. The van der Waals surface area contributed by atoms with Crippen LogP contribution in [0, 0.1) is 5.41 Å². The fourth-order valence-corrected chi connectivity index (χ4v) is 5.77. The Kier molecular flexibility index (Phi) is 4.55. The molecular weight excluding hydrogens is 380 g/mol. The summed E-state index contributed by atoms with van der Waals surface area (Å²) in [5.41, 5.74) is -0.0636. The van der Waals surface area contributed by atoms with Crippen LogP contribution in [-0.4, -0.2) is 19.5 Å². The first-order valence-corrected chi connectivity index (χ1v) is 9.58. The number of benzene rings is 1. The molecule has 0 saturated heterocycles. The van der Waals surface area contributed by atoms with Gasteiger partial charge in [-0.15, -0.1) is 0 Å². The molecule has 0 bridgehead atoms. The maximum Gasteiger partial charge on any atom is 0.178 e.